The van der Waals surface area contributed by atoms with Crippen molar-refractivity contribution in [3.63, 3.8) is 0 Å². The normalized spacial score (nSPS) is 11.9. The maximum Gasteiger partial charge on any atom is 0.238 e. The Morgan fingerprint density at radius 2 is 2.09 bits per heavy atom. The van der Waals surface area contributed by atoms with E-state index in [0.717, 1.165) is 16.1 Å². The fraction of sp³-hybridized carbons (Fsp3) is 0.182. The van der Waals surface area contributed by atoms with Crippen molar-refractivity contribution in [3.05, 3.63) is 64.6 Å². The van der Waals surface area contributed by atoms with E-state index in [1.807, 2.05) is 54.1 Å². The summed E-state index contributed by atoms with van der Waals surface area (Å²) in [7, 11) is 1.63. The summed E-state index contributed by atoms with van der Waals surface area (Å²) < 4.78 is 7.55. The molecule has 0 fully saturated rings. The van der Waals surface area contributed by atoms with Gasteiger partial charge >= 0.3 is 0 Å². The van der Waals surface area contributed by atoms with E-state index in [2.05, 4.69) is 20.5 Å². The van der Waals surface area contributed by atoms with Crippen molar-refractivity contribution < 1.29 is 9.53 Å². The third-order valence-electron chi connectivity index (χ3n) is 4.58. The number of rotatable bonds is 7. The quantitative estimate of drug-likeness (QED) is 0.349. The van der Waals surface area contributed by atoms with Gasteiger partial charge in [-0.15, -0.1) is 21.5 Å². The van der Waals surface area contributed by atoms with Gasteiger partial charge in [0.15, 0.2) is 11.0 Å². The first-order valence-electron chi connectivity index (χ1n) is 9.69. The van der Waals surface area contributed by atoms with Crippen LogP contribution in [-0.2, 0) is 4.79 Å². The van der Waals surface area contributed by atoms with Crippen LogP contribution in [0.25, 0.3) is 16.4 Å². The standard InChI is InChI=1S/C22H20ClN5O2S2/c1-13-6-8-17(30-3)16(11-13)28-20(18-5-4-10-31-18)26-27-22(28)32-14(2)21(29)25-19-9-7-15(23)12-24-19/h4-12,14H,1-3H3,(H,24,25,29)/t14-/m0/s1. The van der Waals surface area contributed by atoms with Crippen LogP contribution in [0.2, 0.25) is 5.02 Å². The number of pyridine rings is 1. The Kier molecular flexibility index (Phi) is 6.78. The summed E-state index contributed by atoms with van der Waals surface area (Å²) in [6.07, 6.45) is 1.49. The highest BCUT2D eigenvalue weighted by molar-refractivity contribution is 8.00. The largest absolute Gasteiger partial charge is 0.495 e. The van der Waals surface area contributed by atoms with E-state index in [4.69, 9.17) is 16.3 Å². The third kappa shape index (κ3) is 4.79. The number of carbonyl (C=O) groups is 1. The zero-order chi connectivity index (χ0) is 22.7. The second-order valence-corrected chi connectivity index (χ2v) is 9.60. The van der Waals surface area contributed by atoms with Gasteiger partial charge in [0.2, 0.25) is 5.91 Å². The van der Waals surface area contributed by atoms with Crippen molar-refractivity contribution in [1.29, 1.82) is 0 Å². The van der Waals surface area contributed by atoms with Crippen LogP contribution in [0.4, 0.5) is 5.82 Å². The molecular weight excluding hydrogens is 466 g/mol. The van der Waals surface area contributed by atoms with E-state index in [1.165, 1.54) is 18.0 Å². The maximum atomic E-state index is 12.8. The highest BCUT2D eigenvalue weighted by atomic mass is 35.5. The molecule has 0 aliphatic carbocycles. The smallest absolute Gasteiger partial charge is 0.238 e. The number of thioether (sulfide) groups is 1. The average molecular weight is 486 g/mol. The Bertz CT molecular complexity index is 1230. The molecule has 1 atom stereocenters. The molecule has 0 bridgehead atoms. The predicted molar refractivity (Wildman–Crippen MR) is 129 cm³/mol. The topological polar surface area (TPSA) is 81.9 Å². The number of anilines is 1. The zero-order valence-corrected chi connectivity index (χ0v) is 20.0. The number of carbonyl (C=O) groups excluding carboxylic acids is 1. The number of benzene rings is 1. The minimum Gasteiger partial charge on any atom is -0.495 e. The van der Waals surface area contributed by atoms with E-state index >= 15 is 0 Å². The van der Waals surface area contributed by atoms with Crippen LogP contribution >= 0.6 is 34.7 Å². The van der Waals surface area contributed by atoms with Gasteiger partial charge < -0.3 is 10.1 Å². The van der Waals surface area contributed by atoms with Gasteiger partial charge in [-0.25, -0.2) is 4.98 Å². The van der Waals surface area contributed by atoms with Crippen LogP contribution in [0.15, 0.2) is 59.2 Å². The molecule has 0 spiro atoms. The summed E-state index contributed by atoms with van der Waals surface area (Å²) in [6, 6.07) is 13.2. The number of amides is 1. The molecular formula is C22H20ClN5O2S2. The van der Waals surface area contributed by atoms with Crippen LogP contribution in [-0.4, -0.2) is 38.0 Å². The molecule has 0 aliphatic rings. The number of halogens is 1. The van der Waals surface area contributed by atoms with Crippen LogP contribution in [0.5, 0.6) is 5.75 Å². The van der Waals surface area contributed by atoms with Gasteiger partial charge in [0.1, 0.15) is 11.6 Å². The highest BCUT2D eigenvalue weighted by Crippen LogP contribution is 2.36. The predicted octanol–water partition coefficient (Wildman–Crippen LogP) is 5.48. The van der Waals surface area contributed by atoms with E-state index in [0.29, 0.717) is 27.6 Å². The van der Waals surface area contributed by atoms with Crippen molar-refractivity contribution in [2.24, 2.45) is 0 Å². The molecule has 0 aliphatic heterocycles. The number of aryl methyl sites for hydroxylation is 1. The maximum absolute atomic E-state index is 12.8. The molecule has 0 saturated heterocycles. The molecule has 0 unspecified atom stereocenters. The SMILES string of the molecule is COc1ccc(C)cc1-n1c(S[C@@H](C)C(=O)Nc2ccc(Cl)cn2)nnc1-c1cccs1. The highest BCUT2D eigenvalue weighted by Gasteiger charge is 2.24. The third-order valence-corrected chi connectivity index (χ3v) is 6.71. The molecule has 1 amide bonds. The van der Waals surface area contributed by atoms with E-state index in [1.54, 1.807) is 30.6 Å². The number of hydrogen-bond donors (Lipinski definition) is 1. The molecule has 0 saturated carbocycles. The fourth-order valence-electron chi connectivity index (χ4n) is 2.99. The zero-order valence-electron chi connectivity index (χ0n) is 17.6. The Hall–Kier alpha value is -2.88. The molecule has 4 rings (SSSR count). The van der Waals surface area contributed by atoms with Crippen molar-refractivity contribution in [1.82, 2.24) is 19.7 Å². The lowest BCUT2D eigenvalue weighted by molar-refractivity contribution is -0.115. The first-order chi connectivity index (χ1) is 15.5. The van der Waals surface area contributed by atoms with Crippen LogP contribution < -0.4 is 10.1 Å². The van der Waals surface area contributed by atoms with Crippen molar-refractivity contribution in [2.75, 3.05) is 12.4 Å². The Morgan fingerprint density at radius 1 is 1.25 bits per heavy atom. The molecule has 4 aromatic rings. The van der Waals surface area contributed by atoms with Crippen molar-refractivity contribution in [2.45, 2.75) is 24.3 Å². The number of hydrogen-bond acceptors (Lipinski definition) is 7. The number of nitrogens with one attached hydrogen (secondary N) is 1. The molecule has 3 aromatic heterocycles. The average Bonchev–Trinajstić information content (AvgIpc) is 3.45. The molecule has 0 radical (unpaired) electrons. The molecule has 10 heteroatoms. The summed E-state index contributed by atoms with van der Waals surface area (Å²) in [5.41, 5.74) is 1.89. The first-order valence-corrected chi connectivity index (χ1v) is 11.8. The van der Waals surface area contributed by atoms with Gasteiger partial charge in [-0.1, -0.05) is 35.5 Å². The molecule has 3 heterocycles. The van der Waals surface area contributed by atoms with Gasteiger partial charge in [0, 0.05) is 6.20 Å². The minimum absolute atomic E-state index is 0.201. The van der Waals surface area contributed by atoms with Crippen LogP contribution in [0.1, 0.15) is 12.5 Å². The van der Waals surface area contributed by atoms with Crippen LogP contribution in [0.3, 0.4) is 0 Å². The van der Waals surface area contributed by atoms with Gasteiger partial charge in [-0.2, -0.15) is 0 Å². The summed E-state index contributed by atoms with van der Waals surface area (Å²) in [4.78, 5) is 17.9. The summed E-state index contributed by atoms with van der Waals surface area (Å²) in [6.45, 7) is 3.83. The van der Waals surface area contributed by atoms with Crippen molar-refractivity contribution in [3.8, 4) is 22.1 Å². The van der Waals surface area contributed by atoms with Gasteiger partial charge in [0.25, 0.3) is 0 Å². The molecule has 7 nitrogen and oxygen atoms in total. The van der Waals surface area contributed by atoms with Crippen molar-refractivity contribution >= 4 is 46.4 Å². The van der Waals surface area contributed by atoms with Gasteiger partial charge in [0.05, 0.1) is 27.9 Å². The number of aromatic nitrogens is 4. The number of thiophene rings is 1. The lowest BCUT2D eigenvalue weighted by atomic mass is 10.2. The summed E-state index contributed by atoms with van der Waals surface area (Å²) >= 11 is 8.75. The van der Waals surface area contributed by atoms with Gasteiger partial charge in [-0.3, -0.25) is 9.36 Å². The monoisotopic (exact) mass is 485 g/mol. The lowest BCUT2D eigenvalue weighted by Crippen LogP contribution is -2.23. The van der Waals surface area contributed by atoms with E-state index < -0.39 is 5.25 Å². The second kappa shape index (κ2) is 9.72. The van der Waals surface area contributed by atoms with Crippen LogP contribution in [0, 0.1) is 6.92 Å². The Labute approximate surface area is 198 Å². The van der Waals surface area contributed by atoms with E-state index in [9.17, 15) is 4.79 Å². The Morgan fingerprint density at radius 3 is 2.78 bits per heavy atom. The number of nitrogens with zero attached hydrogens (tertiary/aromatic N) is 4. The lowest BCUT2D eigenvalue weighted by Gasteiger charge is -2.16. The first kappa shape index (κ1) is 22.3. The summed E-state index contributed by atoms with van der Waals surface area (Å²) in [5, 5.41) is 14.3. The Balaban J connectivity index is 1.68. The molecule has 1 aromatic carbocycles. The van der Waals surface area contributed by atoms with Gasteiger partial charge in [-0.05, 0) is 55.1 Å². The number of ether oxygens (including phenoxy) is 1. The molecule has 32 heavy (non-hydrogen) atoms. The molecule has 1 N–H and O–H groups in total. The second-order valence-electron chi connectivity index (χ2n) is 6.91. The van der Waals surface area contributed by atoms with E-state index in [-0.39, 0.29) is 5.91 Å². The summed E-state index contributed by atoms with van der Waals surface area (Å²) in [5.74, 6) is 1.62. The molecule has 164 valence electrons. The number of methoxy groups -OCH3 is 1. The fourth-order valence-corrected chi connectivity index (χ4v) is 4.66. The minimum atomic E-state index is -0.456.